The number of aryl methyl sites for hydroxylation is 1. The second kappa shape index (κ2) is 6.16. The predicted molar refractivity (Wildman–Crippen MR) is 80.0 cm³/mol. The van der Waals surface area contributed by atoms with Gasteiger partial charge in [0, 0.05) is 31.6 Å². The van der Waals surface area contributed by atoms with Crippen molar-refractivity contribution in [3.63, 3.8) is 0 Å². The van der Waals surface area contributed by atoms with Gasteiger partial charge in [-0.05, 0) is 24.5 Å². The average molecular weight is 289 g/mol. The standard InChI is InChI=1S/C17H23NO3/c1-11-5-3-4-6-12(11)9-15(19)18-16-13-7-8-21-17(13)14(16)10-20-2/h3-6,13-14,16-17H,7-10H2,1-2H3,(H,18,19)/t13-,14+,16+,17-/m0/s1. The van der Waals surface area contributed by atoms with Gasteiger partial charge in [0.25, 0.3) is 0 Å². The number of carbonyl (C=O) groups excluding carboxylic acids is 1. The molecular weight excluding hydrogens is 266 g/mol. The smallest absolute Gasteiger partial charge is 0.224 e. The largest absolute Gasteiger partial charge is 0.384 e. The average Bonchev–Trinajstić information content (AvgIpc) is 2.89. The lowest BCUT2D eigenvalue weighted by Gasteiger charge is -2.47. The zero-order chi connectivity index (χ0) is 14.8. The summed E-state index contributed by atoms with van der Waals surface area (Å²) in [5.41, 5.74) is 2.26. The second-order valence-corrected chi connectivity index (χ2v) is 6.10. The number of methoxy groups -OCH3 is 1. The van der Waals surface area contributed by atoms with E-state index in [0.717, 1.165) is 24.2 Å². The van der Waals surface area contributed by atoms with Crippen molar-refractivity contribution >= 4 is 5.91 Å². The van der Waals surface area contributed by atoms with Crippen molar-refractivity contribution < 1.29 is 14.3 Å². The summed E-state index contributed by atoms with van der Waals surface area (Å²) in [6, 6.07) is 8.24. The highest BCUT2D eigenvalue weighted by atomic mass is 16.5. The van der Waals surface area contributed by atoms with E-state index in [9.17, 15) is 4.79 Å². The van der Waals surface area contributed by atoms with Gasteiger partial charge in [0.1, 0.15) is 0 Å². The molecule has 4 heteroatoms. The summed E-state index contributed by atoms with van der Waals surface area (Å²) in [7, 11) is 1.70. The van der Waals surface area contributed by atoms with Crippen LogP contribution in [-0.4, -0.2) is 38.4 Å². The highest BCUT2D eigenvalue weighted by Crippen LogP contribution is 2.43. The molecule has 2 aliphatic rings. The molecule has 3 rings (SSSR count). The molecule has 1 aliphatic heterocycles. The van der Waals surface area contributed by atoms with Crippen molar-refractivity contribution in [3.8, 4) is 0 Å². The van der Waals surface area contributed by atoms with Crippen LogP contribution in [0.5, 0.6) is 0 Å². The van der Waals surface area contributed by atoms with Crippen LogP contribution in [0.2, 0.25) is 0 Å². The van der Waals surface area contributed by atoms with Crippen LogP contribution in [0.3, 0.4) is 0 Å². The van der Waals surface area contributed by atoms with Gasteiger partial charge < -0.3 is 14.8 Å². The first-order chi connectivity index (χ1) is 10.2. The van der Waals surface area contributed by atoms with Crippen LogP contribution in [0.4, 0.5) is 0 Å². The molecule has 1 saturated heterocycles. The number of amides is 1. The second-order valence-electron chi connectivity index (χ2n) is 6.10. The van der Waals surface area contributed by atoms with Crippen molar-refractivity contribution in [2.24, 2.45) is 11.8 Å². The van der Waals surface area contributed by atoms with E-state index in [1.54, 1.807) is 7.11 Å². The first-order valence-corrected chi connectivity index (χ1v) is 7.65. The number of carbonyl (C=O) groups is 1. The van der Waals surface area contributed by atoms with Crippen LogP contribution >= 0.6 is 0 Å². The Kier molecular flexibility index (Phi) is 4.27. The maximum absolute atomic E-state index is 12.3. The summed E-state index contributed by atoms with van der Waals surface area (Å²) in [5.74, 6) is 0.857. The Bertz CT molecular complexity index is 517. The number of hydrogen-bond acceptors (Lipinski definition) is 3. The van der Waals surface area contributed by atoms with Crippen molar-refractivity contribution in [3.05, 3.63) is 35.4 Å². The van der Waals surface area contributed by atoms with Crippen molar-refractivity contribution in [1.82, 2.24) is 5.32 Å². The Hall–Kier alpha value is -1.39. The summed E-state index contributed by atoms with van der Waals surface area (Å²) in [5, 5.41) is 3.20. The maximum atomic E-state index is 12.3. The van der Waals surface area contributed by atoms with E-state index < -0.39 is 0 Å². The third kappa shape index (κ3) is 2.83. The molecule has 4 atom stereocenters. The van der Waals surface area contributed by atoms with Gasteiger partial charge in [-0.3, -0.25) is 4.79 Å². The fourth-order valence-electron chi connectivity index (χ4n) is 3.65. The summed E-state index contributed by atoms with van der Waals surface area (Å²) in [4.78, 5) is 12.3. The summed E-state index contributed by atoms with van der Waals surface area (Å²) >= 11 is 0. The van der Waals surface area contributed by atoms with Crippen molar-refractivity contribution in [1.29, 1.82) is 0 Å². The number of fused-ring (bicyclic) bond motifs is 1. The molecule has 1 aromatic carbocycles. The monoisotopic (exact) mass is 289 g/mol. The quantitative estimate of drug-likeness (QED) is 0.897. The predicted octanol–water partition coefficient (Wildman–Crippen LogP) is 1.70. The number of nitrogens with one attached hydrogen (secondary N) is 1. The van der Waals surface area contributed by atoms with Gasteiger partial charge in [0.2, 0.25) is 5.91 Å². The van der Waals surface area contributed by atoms with Gasteiger partial charge in [-0.25, -0.2) is 0 Å². The molecule has 1 saturated carbocycles. The molecule has 21 heavy (non-hydrogen) atoms. The lowest BCUT2D eigenvalue weighted by atomic mass is 9.67. The van der Waals surface area contributed by atoms with Gasteiger partial charge in [-0.15, -0.1) is 0 Å². The van der Waals surface area contributed by atoms with Crippen LogP contribution in [0.1, 0.15) is 17.5 Å². The SMILES string of the molecule is COC[C@@H]1[C@H](NC(=O)Cc2ccccc2C)[C@@H]2CCO[C@H]12. The van der Waals surface area contributed by atoms with Crippen molar-refractivity contribution in [2.75, 3.05) is 20.3 Å². The zero-order valence-corrected chi connectivity index (χ0v) is 12.7. The zero-order valence-electron chi connectivity index (χ0n) is 12.7. The molecule has 0 bridgehead atoms. The van der Waals surface area contributed by atoms with Crippen LogP contribution in [0.15, 0.2) is 24.3 Å². The summed E-state index contributed by atoms with van der Waals surface area (Å²) in [6.07, 6.45) is 1.76. The fraction of sp³-hybridized carbons (Fsp3) is 0.588. The van der Waals surface area contributed by atoms with E-state index in [1.807, 2.05) is 31.2 Å². The molecule has 1 heterocycles. The molecule has 0 unspecified atom stereocenters. The van der Waals surface area contributed by atoms with Crippen molar-refractivity contribution in [2.45, 2.75) is 31.9 Å². The first kappa shape index (κ1) is 14.5. The molecule has 4 nitrogen and oxygen atoms in total. The normalized spacial score (nSPS) is 30.6. The highest BCUT2D eigenvalue weighted by molar-refractivity contribution is 5.79. The van der Waals surface area contributed by atoms with E-state index in [-0.39, 0.29) is 18.1 Å². The first-order valence-electron chi connectivity index (χ1n) is 7.65. The van der Waals surface area contributed by atoms with E-state index in [1.165, 1.54) is 0 Å². The van der Waals surface area contributed by atoms with E-state index >= 15 is 0 Å². The number of rotatable bonds is 5. The maximum Gasteiger partial charge on any atom is 0.224 e. The lowest BCUT2D eigenvalue weighted by Crippen LogP contribution is -2.62. The van der Waals surface area contributed by atoms with Crippen LogP contribution in [-0.2, 0) is 20.7 Å². The van der Waals surface area contributed by atoms with E-state index in [4.69, 9.17) is 9.47 Å². The molecule has 0 spiro atoms. The molecule has 0 aromatic heterocycles. The van der Waals surface area contributed by atoms with Crippen LogP contribution in [0.25, 0.3) is 0 Å². The Balaban J connectivity index is 1.60. The Labute approximate surface area is 125 Å². The minimum absolute atomic E-state index is 0.0979. The molecule has 0 radical (unpaired) electrons. The summed E-state index contributed by atoms with van der Waals surface area (Å²) in [6.45, 7) is 3.50. The van der Waals surface area contributed by atoms with E-state index in [0.29, 0.717) is 24.9 Å². The number of benzene rings is 1. The van der Waals surface area contributed by atoms with E-state index in [2.05, 4.69) is 5.32 Å². The molecule has 1 aliphatic carbocycles. The van der Waals surface area contributed by atoms with Gasteiger partial charge in [0.05, 0.1) is 19.1 Å². The molecular formula is C17H23NO3. The minimum atomic E-state index is 0.0979. The van der Waals surface area contributed by atoms with Gasteiger partial charge in [-0.1, -0.05) is 24.3 Å². The summed E-state index contributed by atoms with van der Waals surface area (Å²) < 4.78 is 11.0. The van der Waals surface area contributed by atoms with Gasteiger partial charge >= 0.3 is 0 Å². The topological polar surface area (TPSA) is 47.6 Å². The molecule has 2 fully saturated rings. The molecule has 1 N–H and O–H groups in total. The minimum Gasteiger partial charge on any atom is -0.384 e. The fourth-order valence-corrected chi connectivity index (χ4v) is 3.65. The Morgan fingerprint density at radius 1 is 1.43 bits per heavy atom. The van der Waals surface area contributed by atoms with Crippen LogP contribution < -0.4 is 5.32 Å². The Morgan fingerprint density at radius 2 is 2.24 bits per heavy atom. The lowest BCUT2D eigenvalue weighted by molar-refractivity contribution is -0.129. The molecule has 1 amide bonds. The van der Waals surface area contributed by atoms with Gasteiger partial charge in [-0.2, -0.15) is 0 Å². The van der Waals surface area contributed by atoms with Crippen LogP contribution in [0, 0.1) is 18.8 Å². The third-order valence-corrected chi connectivity index (χ3v) is 4.83. The third-order valence-electron chi connectivity index (χ3n) is 4.83. The molecule has 1 aromatic rings. The van der Waals surface area contributed by atoms with Gasteiger partial charge in [0.15, 0.2) is 0 Å². The molecule has 114 valence electrons. The number of ether oxygens (including phenoxy) is 2. The number of hydrogen-bond donors (Lipinski definition) is 1. The highest BCUT2D eigenvalue weighted by Gasteiger charge is 2.54. The Morgan fingerprint density at radius 3 is 3.00 bits per heavy atom.